The fraction of sp³-hybridized carbons (Fsp3) is 0.200. The summed E-state index contributed by atoms with van der Waals surface area (Å²) in [5.41, 5.74) is 0.666. The highest BCUT2D eigenvalue weighted by Crippen LogP contribution is 2.40. The quantitative estimate of drug-likeness (QED) is 0.608. The number of carbonyl (C=O) groups excluding carboxylic acids is 2. The average molecular weight is 438 g/mol. The van der Waals surface area contributed by atoms with Gasteiger partial charge in [0, 0.05) is 10.6 Å². The first-order valence-electron chi connectivity index (χ1n) is 8.37. The maximum Gasteiger partial charge on any atom is 0.293 e. The zero-order valence-corrected chi connectivity index (χ0v) is 17.4. The number of imide groups is 1. The molecule has 0 bridgehead atoms. The number of rotatable bonds is 6. The van der Waals surface area contributed by atoms with Crippen molar-refractivity contribution in [1.29, 1.82) is 0 Å². The van der Waals surface area contributed by atoms with E-state index in [1.54, 1.807) is 18.2 Å². The van der Waals surface area contributed by atoms with Gasteiger partial charge in [0.15, 0.2) is 11.5 Å². The molecule has 1 saturated heterocycles. The fourth-order valence-electron chi connectivity index (χ4n) is 2.81. The minimum absolute atomic E-state index is 0.0884. The van der Waals surface area contributed by atoms with Crippen LogP contribution < -0.4 is 14.2 Å². The molecule has 2 aromatic rings. The Hall–Kier alpha value is -2.71. The van der Waals surface area contributed by atoms with Gasteiger partial charge in [-0.25, -0.2) is 4.39 Å². The molecule has 0 unspecified atom stereocenters. The lowest BCUT2D eigenvalue weighted by molar-refractivity contribution is -0.123. The van der Waals surface area contributed by atoms with Crippen LogP contribution in [0.25, 0.3) is 6.08 Å². The number of hydrogen-bond donors (Lipinski definition) is 0. The van der Waals surface area contributed by atoms with Gasteiger partial charge in [0.1, 0.15) is 5.82 Å². The number of halogens is 2. The Morgan fingerprint density at radius 1 is 1.10 bits per heavy atom. The summed E-state index contributed by atoms with van der Waals surface area (Å²) in [5, 5.41) is -0.356. The van der Waals surface area contributed by atoms with E-state index >= 15 is 0 Å². The van der Waals surface area contributed by atoms with E-state index in [9.17, 15) is 14.0 Å². The van der Waals surface area contributed by atoms with Crippen molar-refractivity contribution >= 4 is 40.6 Å². The zero-order chi connectivity index (χ0) is 21.1. The Kier molecular flexibility index (Phi) is 6.34. The summed E-state index contributed by atoms with van der Waals surface area (Å²) < 4.78 is 29.9. The maximum absolute atomic E-state index is 14.0. The van der Waals surface area contributed by atoms with E-state index in [1.807, 2.05) is 0 Å². The van der Waals surface area contributed by atoms with E-state index in [4.69, 9.17) is 25.8 Å². The number of methoxy groups -OCH3 is 3. The predicted octanol–water partition coefficient (Wildman–Crippen LogP) is 4.74. The second-order valence-electron chi connectivity index (χ2n) is 5.93. The van der Waals surface area contributed by atoms with Crippen molar-refractivity contribution in [2.24, 2.45) is 0 Å². The minimum atomic E-state index is -0.579. The number of nitrogens with zero attached hydrogens (tertiary/aromatic N) is 1. The molecule has 0 saturated carbocycles. The van der Waals surface area contributed by atoms with Crippen molar-refractivity contribution in [3.8, 4) is 17.2 Å². The summed E-state index contributed by atoms with van der Waals surface area (Å²) in [4.78, 5) is 26.2. The number of ether oxygens (including phenoxy) is 3. The molecule has 152 valence electrons. The molecule has 1 heterocycles. The predicted molar refractivity (Wildman–Crippen MR) is 109 cm³/mol. The molecule has 2 aromatic carbocycles. The van der Waals surface area contributed by atoms with Crippen molar-refractivity contribution in [3.63, 3.8) is 0 Å². The van der Waals surface area contributed by atoms with Gasteiger partial charge in [-0.2, -0.15) is 0 Å². The van der Waals surface area contributed by atoms with Crippen molar-refractivity contribution in [3.05, 3.63) is 57.2 Å². The lowest BCUT2D eigenvalue weighted by Crippen LogP contribution is -2.28. The largest absolute Gasteiger partial charge is 0.493 e. The van der Waals surface area contributed by atoms with Crippen LogP contribution in [0, 0.1) is 5.82 Å². The highest BCUT2D eigenvalue weighted by atomic mass is 35.5. The smallest absolute Gasteiger partial charge is 0.293 e. The van der Waals surface area contributed by atoms with Crippen LogP contribution in [0.15, 0.2) is 35.2 Å². The number of hydrogen-bond acceptors (Lipinski definition) is 6. The molecule has 3 rings (SSSR count). The first kappa shape index (κ1) is 21.0. The van der Waals surface area contributed by atoms with Gasteiger partial charge in [-0.3, -0.25) is 14.5 Å². The molecule has 29 heavy (non-hydrogen) atoms. The van der Waals surface area contributed by atoms with Gasteiger partial charge >= 0.3 is 0 Å². The second kappa shape index (κ2) is 8.75. The Morgan fingerprint density at radius 3 is 2.31 bits per heavy atom. The maximum atomic E-state index is 14.0. The zero-order valence-electron chi connectivity index (χ0n) is 15.8. The van der Waals surface area contributed by atoms with Crippen LogP contribution in [-0.4, -0.2) is 37.4 Å². The molecule has 1 aliphatic rings. The van der Waals surface area contributed by atoms with Gasteiger partial charge in [0.2, 0.25) is 5.75 Å². The van der Waals surface area contributed by atoms with Gasteiger partial charge in [-0.15, -0.1) is 0 Å². The molecule has 2 amide bonds. The summed E-state index contributed by atoms with van der Waals surface area (Å²) in [5.74, 6) is 0.124. The van der Waals surface area contributed by atoms with E-state index in [0.717, 1.165) is 16.7 Å². The number of carbonyl (C=O) groups is 2. The first-order valence-corrected chi connectivity index (χ1v) is 9.57. The summed E-state index contributed by atoms with van der Waals surface area (Å²) in [6.07, 6.45) is 1.54. The molecular weight excluding hydrogens is 421 g/mol. The fourth-order valence-corrected chi connectivity index (χ4v) is 3.87. The lowest BCUT2D eigenvalue weighted by Gasteiger charge is -2.14. The normalized spacial score (nSPS) is 15.2. The first-order chi connectivity index (χ1) is 13.9. The molecule has 6 nitrogen and oxygen atoms in total. The standard InChI is InChI=1S/C20H17ClFNO5S/c1-26-15-7-11(8-16(27-2)18(15)28-3)9-17-19(24)23(20(25)29-17)10-12-13(21)5-4-6-14(12)22/h4-9H,10H2,1-3H3. The Bertz CT molecular complexity index is 965. The third-order valence-electron chi connectivity index (χ3n) is 4.24. The molecule has 1 aliphatic heterocycles. The lowest BCUT2D eigenvalue weighted by atomic mass is 10.1. The van der Waals surface area contributed by atoms with E-state index in [1.165, 1.54) is 39.5 Å². The molecular formula is C20H17ClFNO5S. The molecule has 0 N–H and O–H groups in total. The highest BCUT2D eigenvalue weighted by molar-refractivity contribution is 8.18. The molecule has 9 heteroatoms. The van der Waals surface area contributed by atoms with Crippen LogP contribution in [0.5, 0.6) is 17.2 Å². The summed E-state index contributed by atoms with van der Waals surface area (Å²) in [6.45, 7) is -0.247. The SMILES string of the molecule is COc1cc(C=C2SC(=O)N(Cc3c(F)cccc3Cl)C2=O)cc(OC)c1OC. The Balaban J connectivity index is 1.92. The molecule has 1 fully saturated rings. The number of amides is 2. The van der Waals surface area contributed by atoms with Crippen LogP contribution in [0.1, 0.15) is 11.1 Å². The van der Waals surface area contributed by atoms with Gasteiger partial charge in [-0.1, -0.05) is 17.7 Å². The number of benzene rings is 2. The Morgan fingerprint density at radius 2 is 1.76 bits per heavy atom. The monoisotopic (exact) mass is 437 g/mol. The van der Waals surface area contributed by atoms with Crippen molar-refractivity contribution in [2.75, 3.05) is 21.3 Å². The van der Waals surface area contributed by atoms with Crippen molar-refractivity contribution in [1.82, 2.24) is 4.90 Å². The molecule has 0 radical (unpaired) electrons. The van der Waals surface area contributed by atoms with Crippen LogP contribution in [-0.2, 0) is 11.3 Å². The summed E-state index contributed by atoms with van der Waals surface area (Å²) >= 11 is 6.78. The highest BCUT2D eigenvalue weighted by Gasteiger charge is 2.36. The van der Waals surface area contributed by atoms with E-state index in [2.05, 4.69) is 0 Å². The second-order valence-corrected chi connectivity index (χ2v) is 7.33. The average Bonchev–Trinajstić information content (AvgIpc) is 2.96. The van der Waals surface area contributed by atoms with E-state index in [-0.39, 0.29) is 22.0 Å². The number of thioether (sulfide) groups is 1. The minimum Gasteiger partial charge on any atom is -0.493 e. The van der Waals surface area contributed by atoms with Crippen molar-refractivity contribution in [2.45, 2.75) is 6.54 Å². The van der Waals surface area contributed by atoms with E-state index < -0.39 is 17.0 Å². The van der Waals surface area contributed by atoms with Gasteiger partial charge in [-0.05, 0) is 47.7 Å². The molecule has 0 aromatic heterocycles. The Labute approximate surface area is 176 Å². The third kappa shape index (κ3) is 4.18. The summed E-state index contributed by atoms with van der Waals surface area (Å²) in [6, 6.07) is 7.50. The van der Waals surface area contributed by atoms with Crippen molar-refractivity contribution < 1.29 is 28.2 Å². The van der Waals surface area contributed by atoms with Crippen LogP contribution in [0.2, 0.25) is 5.02 Å². The van der Waals surface area contributed by atoms with Gasteiger partial charge < -0.3 is 14.2 Å². The molecule has 0 atom stereocenters. The molecule has 0 spiro atoms. The third-order valence-corrected chi connectivity index (χ3v) is 5.50. The van der Waals surface area contributed by atoms with Gasteiger partial charge in [0.25, 0.3) is 11.1 Å². The van der Waals surface area contributed by atoms with Gasteiger partial charge in [0.05, 0.1) is 32.8 Å². The topological polar surface area (TPSA) is 65.1 Å². The van der Waals surface area contributed by atoms with Crippen LogP contribution in [0.3, 0.4) is 0 Å². The molecule has 0 aliphatic carbocycles. The van der Waals surface area contributed by atoms with Crippen LogP contribution in [0.4, 0.5) is 9.18 Å². The van der Waals surface area contributed by atoms with Crippen LogP contribution >= 0.6 is 23.4 Å². The summed E-state index contributed by atoms with van der Waals surface area (Å²) in [7, 11) is 4.44. The van der Waals surface area contributed by atoms with E-state index in [0.29, 0.717) is 22.8 Å².